The van der Waals surface area contributed by atoms with Crippen LogP contribution in [0.15, 0.2) is 25.6 Å². The molecule has 25 heavy (non-hydrogen) atoms. The summed E-state index contributed by atoms with van der Waals surface area (Å²) in [6.07, 6.45) is 2.59. The number of hydrogen-bond acceptors (Lipinski definition) is 7. The van der Waals surface area contributed by atoms with E-state index in [-0.39, 0.29) is 22.9 Å². The summed E-state index contributed by atoms with van der Waals surface area (Å²) in [5, 5.41) is 7.93. The fourth-order valence-corrected chi connectivity index (χ4v) is 3.91. The van der Waals surface area contributed by atoms with Gasteiger partial charge in [0.25, 0.3) is 11.5 Å². The number of carbonyl (C=O) groups excluding carboxylic acids is 1. The van der Waals surface area contributed by atoms with Crippen LogP contribution in [-0.2, 0) is 0 Å². The third kappa shape index (κ3) is 2.68. The van der Waals surface area contributed by atoms with Crippen molar-refractivity contribution in [2.75, 3.05) is 13.1 Å². The average Bonchev–Trinajstić information content (AvgIpc) is 3.21. The fourth-order valence-electron chi connectivity index (χ4n) is 3.09. The summed E-state index contributed by atoms with van der Waals surface area (Å²) in [5.74, 6) is -0.538. The molecule has 0 spiro atoms. The van der Waals surface area contributed by atoms with Gasteiger partial charge in [-0.2, -0.15) is 0 Å². The van der Waals surface area contributed by atoms with Crippen LogP contribution in [0.2, 0.25) is 0 Å². The minimum absolute atomic E-state index is 0.0104. The Balaban J connectivity index is 1.54. The number of likely N-dealkylation sites (tertiary alicyclic amines) is 1. The maximum Gasteiger partial charge on any atom is 0.434 e. The first-order valence-electron chi connectivity index (χ1n) is 7.85. The number of carbonyl (C=O) groups is 1. The van der Waals surface area contributed by atoms with E-state index in [2.05, 4.69) is 15.2 Å². The average molecular weight is 361 g/mol. The molecule has 0 atom stereocenters. The molecule has 3 aromatic rings. The van der Waals surface area contributed by atoms with Gasteiger partial charge in [-0.3, -0.25) is 14.0 Å². The zero-order valence-electron chi connectivity index (χ0n) is 13.4. The lowest BCUT2D eigenvalue weighted by Gasteiger charge is -2.30. The maximum atomic E-state index is 12.7. The van der Waals surface area contributed by atoms with Crippen molar-refractivity contribution in [3.05, 3.63) is 49.6 Å². The third-order valence-electron chi connectivity index (χ3n) is 4.43. The van der Waals surface area contributed by atoms with E-state index in [0.29, 0.717) is 36.8 Å². The molecule has 1 aliphatic rings. The number of nitrogens with zero attached hydrogens (tertiary/aromatic N) is 4. The Bertz CT molecular complexity index is 1050. The number of thiazole rings is 1. The quantitative estimate of drug-likeness (QED) is 0.721. The minimum Gasteiger partial charge on any atom is -0.392 e. The fraction of sp³-hybridized carbons (Fsp3) is 0.400. The predicted octanol–water partition coefficient (Wildman–Crippen LogP) is 0.761. The number of H-pyrrole nitrogens is 1. The standard InChI is InChI=1S/C15H15N5O4S/c1-8-7-25-14-16-6-10(13(22)20(8)14)12(21)19-4-2-9(3-5-19)11-17-18-15(23)24-11/h6-7,9H,2-5H2,1H3,(H,18,23). The molecule has 4 rings (SSSR count). The minimum atomic E-state index is -0.577. The van der Waals surface area contributed by atoms with Crippen molar-refractivity contribution in [2.45, 2.75) is 25.7 Å². The molecule has 10 heteroatoms. The van der Waals surface area contributed by atoms with Gasteiger partial charge in [0.05, 0.1) is 0 Å². The van der Waals surface area contributed by atoms with Crippen LogP contribution in [0.3, 0.4) is 0 Å². The number of piperidine rings is 1. The molecule has 4 heterocycles. The van der Waals surface area contributed by atoms with Crippen molar-refractivity contribution in [3.63, 3.8) is 0 Å². The zero-order valence-corrected chi connectivity index (χ0v) is 14.2. The van der Waals surface area contributed by atoms with Crippen LogP contribution < -0.4 is 11.3 Å². The monoisotopic (exact) mass is 361 g/mol. The van der Waals surface area contributed by atoms with Crippen LogP contribution in [-0.4, -0.2) is 43.5 Å². The van der Waals surface area contributed by atoms with Crippen LogP contribution in [0.5, 0.6) is 0 Å². The van der Waals surface area contributed by atoms with Gasteiger partial charge in [-0.25, -0.2) is 14.9 Å². The summed E-state index contributed by atoms with van der Waals surface area (Å²) in [6.45, 7) is 2.74. The van der Waals surface area contributed by atoms with Crippen molar-refractivity contribution in [2.24, 2.45) is 0 Å². The third-order valence-corrected chi connectivity index (χ3v) is 5.39. The Kier molecular flexibility index (Phi) is 3.75. The highest BCUT2D eigenvalue weighted by molar-refractivity contribution is 7.15. The molecule has 1 fully saturated rings. The van der Waals surface area contributed by atoms with E-state index < -0.39 is 5.76 Å². The number of rotatable bonds is 2. The Labute approximate surface area is 144 Å². The second-order valence-electron chi connectivity index (χ2n) is 5.99. The number of amides is 1. The first-order valence-corrected chi connectivity index (χ1v) is 8.73. The normalized spacial score (nSPS) is 15.8. The van der Waals surface area contributed by atoms with Gasteiger partial charge in [0, 0.05) is 36.3 Å². The Hall–Kier alpha value is -2.75. The zero-order chi connectivity index (χ0) is 17.6. The molecule has 0 aliphatic carbocycles. The largest absolute Gasteiger partial charge is 0.434 e. The highest BCUT2D eigenvalue weighted by Crippen LogP contribution is 2.26. The Morgan fingerprint density at radius 3 is 2.80 bits per heavy atom. The first kappa shape index (κ1) is 15.8. The van der Waals surface area contributed by atoms with Crippen LogP contribution in [0.25, 0.3) is 4.96 Å². The lowest BCUT2D eigenvalue weighted by molar-refractivity contribution is 0.0703. The van der Waals surface area contributed by atoms with Gasteiger partial charge in [0.2, 0.25) is 5.89 Å². The molecule has 0 unspecified atom stereocenters. The summed E-state index contributed by atoms with van der Waals surface area (Å²) in [5.41, 5.74) is 0.498. The van der Waals surface area contributed by atoms with E-state index in [1.165, 1.54) is 21.9 Å². The number of aromatic amines is 1. The highest BCUT2D eigenvalue weighted by Gasteiger charge is 2.29. The van der Waals surface area contributed by atoms with Crippen LogP contribution in [0.1, 0.15) is 40.7 Å². The molecular weight excluding hydrogens is 346 g/mol. The molecule has 3 aromatic heterocycles. The molecule has 1 amide bonds. The number of fused-ring (bicyclic) bond motifs is 1. The van der Waals surface area contributed by atoms with Gasteiger partial charge in [-0.1, -0.05) is 0 Å². The van der Waals surface area contributed by atoms with E-state index in [1.54, 1.807) is 4.90 Å². The number of hydrogen-bond donors (Lipinski definition) is 1. The number of aromatic nitrogens is 4. The van der Waals surface area contributed by atoms with E-state index in [9.17, 15) is 14.4 Å². The van der Waals surface area contributed by atoms with Crippen LogP contribution >= 0.6 is 11.3 Å². The topological polar surface area (TPSA) is 114 Å². The van der Waals surface area contributed by atoms with Crippen LogP contribution in [0.4, 0.5) is 0 Å². The maximum absolute atomic E-state index is 12.7. The Morgan fingerprint density at radius 1 is 1.36 bits per heavy atom. The summed E-state index contributed by atoms with van der Waals surface area (Å²) < 4.78 is 6.45. The predicted molar refractivity (Wildman–Crippen MR) is 89.1 cm³/mol. The summed E-state index contributed by atoms with van der Waals surface area (Å²) in [4.78, 5) is 42.8. The van der Waals surface area contributed by atoms with E-state index in [4.69, 9.17) is 4.42 Å². The molecule has 0 bridgehead atoms. The van der Waals surface area contributed by atoms with Gasteiger partial charge in [0.15, 0.2) is 4.96 Å². The van der Waals surface area contributed by atoms with Gasteiger partial charge in [-0.15, -0.1) is 16.4 Å². The molecular formula is C15H15N5O4S. The molecule has 130 valence electrons. The lowest BCUT2D eigenvalue weighted by Crippen LogP contribution is -2.40. The van der Waals surface area contributed by atoms with Crippen LogP contribution in [0, 0.1) is 6.92 Å². The smallest absolute Gasteiger partial charge is 0.392 e. The highest BCUT2D eigenvalue weighted by atomic mass is 32.1. The molecule has 1 N–H and O–H groups in total. The SMILES string of the molecule is Cc1csc2ncc(C(=O)N3CCC(c4n[nH]c(=O)o4)CC3)c(=O)n12. The number of nitrogens with one attached hydrogen (secondary N) is 1. The number of aryl methyl sites for hydroxylation is 1. The van der Waals surface area contributed by atoms with Gasteiger partial charge < -0.3 is 9.32 Å². The molecule has 9 nitrogen and oxygen atoms in total. The van der Waals surface area contributed by atoms with Crippen molar-refractivity contribution < 1.29 is 9.21 Å². The van der Waals surface area contributed by atoms with Gasteiger partial charge in [0.1, 0.15) is 5.56 Å². The van der Waals surface area contributed by atoms with Gasteiger partial charge >= 0.3 is 5.76 Å². The summed E-state index contributed by atoms with van der Waals surface area (Å²) in [6, 6.07) is 0. The molecule has 0 saturated carbocycles. The van der Waals surface area contributed by atoms with E-state index in [0.717, 1.165) is 5.69 Å². The second-order valence-corrected chi connectivity index (χ2v) is 6.83. The Morgan fingerprint density at radius 2 is 2.12 bits per heavy atom. The van der Waals surface area contributed by atoms with E-state index >= 15 is 0 Å². The van der Waals surface area contributed by atoms with E-state index in [1.807, 2.05) is 12.3 Å². The summed E-state index contributed by atoms with van der Waals surface area (Å²) >= 11 is 1.37. The summed E-state index contributed by atoms with van der Waals surface area (Å²) in [7, 11) is 0. The van der Waals surface area contributed by atoms with Crippen molar-refractivity contribution >= 4 is 22.2 Å². The van der Waals surface area contributed by atoms with Gasteiger partial charge in [-0.05, 0) is 19.8 Å². The first-order chi connectivity index (χ1) is 12.0. The van der Waals surface area contributed by atoms with Crippen molar-refractivity contribution in [1.29, 1.82) is 0 Å². The second kappa shape index (κ2) is 5.96. The molecule has 0 radical (unpaired) electrons. The lowest BCUT2D eigenvalue weighted by atomic mass is 9.96. The molecule has 1 aliphatic heterocycles. The molecule has 0 aromatic carbocycles. The molecule has 1 saturated heterocycles. The van der Waals surface area contributed by atoms with Crippen molar-refractivity contribution in [1.82, 2.24) is 24.5 Å². The van der Waals surface area contributed by atoms with Crippen molar-refractivity contribution in [3.8, 4) is 0 Å².